The third-order valence-corrected chi connectivity index (χ3v) is 5.43. The Morgan fingerprint density at radius 3 is 2.68 bits per heavy atom. The summed E-state index contributed by atoms with van der Waals surface area (Å²) in [5.41, 5.74) is 1.43. The number of nitrogens with zero attached hydrogens (tertiary/aromatic N) is 2. The molecule has 1 aliphatic heterocycles. The average molecular weight is 536 g/mol. The molecule has 31 heavy (non-hydrogen) atoms. The molecule has 0 aliphatic carbocycles. The largest absolute Gasteiger partial charge is 0.491 e. The van der Waals surface area contributed by atoms with Gasteiger partial charge in [-0.05, 0) is 58.5 Å². The highest BCUT2D eigenvalue weighted by molar-refractivity contribution is 14.1. The molecule has 0 saturated carbocycles. The van der Waals surface area contributed by atoms with Gasteiger partial charge in [0.15, 0.2) is 0 Å². The van der Waals surface area contributed by atoms with Crippen molar-refractivity contribution in [1.82, 2.24) is 20.2 Å². The van der Waals surface area contributed by atoms with Crippen LogP contribution in [0.1, 0.15) is 17.4 Å². The summed E-state index contributed by atoms with van der Waals surface area (Å²) in [6.07, 6.45) is 1.47. The molecule has 160 valence electrons. The van der Waals surface area contributed by atoms with Gasteiger partial charge in [0, 0.05) is 9.13 Å². The van der Waals surface area contributed by atoms with Gasteiger partial charge < -0.3 is 20.1 Å². The number of rotatable bonds is 7. The standard InChI is InChI=1S/C21H18FIN4O4/c22-16-9-13(23)3-6-15(16)17-10-24-18(25-17)11-27-20(29)19(26-21(27)30)12-1-4-14(5-2-12)31-8-7-28/h1-6,9-10,19,28H,7-8,11H2,(H,24,25)(H,26,30)/t19-/m1/s1. The highest BCUT2D eigenvalue weighted by atomic mass is 127. The average Bonchev–Trinajstić information content (AvgIpc) is 3.33. The first kappa shape index (κ1) is 21.2. The lowest BCUT2D eigenvalue weighted by atomic mass is 10.1. The molecule has 3 amide bonds. The Kier molecular flexibility index (Phi) is 6.18. The summed E-state index contributed by atoms with van der Waals surface area (Å²) < 4.78 is 20.3. The number of aliphatic hydroxyl groups is 1. The third-order valence-electron chi connectivity index (χ3n) is 4.76. The van der Waals surface area contributed by atoms with Gasteiger partial charge in [0.2, 0.25) is 0 Å². The maximum atomic E-state index is 14.2. The molecule has 8 nitrogen and oxygen atoms in total. The smallest absolute Gasteiger partial charge is 0.325 e. The van der Waals surface area contributed by atoms with Crippen LogP contribution in [0.3, 0.4) is 0 Å². The number of carbonyl (C=O) groups excluding carboxylic acids is 2. The van der Waals surface area contributed by atoms with Crippen LogP contribution in [0.15, 0.2) is 48.7 Å². The maximum Gasteiger partial charge on any atom is 0.325 e. The molecule has 1 atom stereocenters. The molecule has 4 rings (SSSR count). The number of nitrogens with one attached hydrogen (secondary N) is 2. The quantitative estimate of drug-likeness (QED) is 0.318. The number of H-pyrrole nitrogens is 1. The lowest BCUT2D eigenvalue weighted by molar-refractivity contribution is -0.128. The first-order chi connectivity index (χ1) is 15.0. The minimum atomic E-state index is -0.817. The summed E-state index contributed by atoms with van der Waals surface area (Å²) in [4.78, 5) is 33.4. The zero-order chi connectivity index (χ0) is 22.0. The molecule has 0 unspecified atom stereocenters. The van der Waals surface area contributed by atoms with Crippen molar-refractivity contribution in [3.63, 3.8) is 0 Å². The SMILES string of the molecule is O=C1N[C@H](c2ccc(OCCO)cc2)C(=O)N1Cc1ncc(-c2ccc(I)cc2F)[nH]1. The van der Waals surface area contributed by atoms with Gasteiger partial charge in [-0.3, -0.25) is 9.69 Å². The molecule has 1 aromatic heterocycles. The van der Waals surface area contributed by atoms with Crippen LogP contribution in [-0.4, -0.2) is 45.1 Å². The Bertz CT molecular complexity index is 1120. The number of benzene rings is 2. The maximum absolute atomic E-state index is 14.2. The van der Waals surface area contributed by atoms with Gasteiger partial charge >= 0.3 is 6.03 Å². The van der Waals surface area contributed by atoms with E-state index in [1.807, 2.05) is 22.6 Å². The number of aromatic amines is 1. The minimum absolute atomic E-state index is 0.0646. The van der Waals surface area contributed by atoms with E-state index >= 15 is 0 Å². The van der Waals surface area contributed by atoms with Gasteiger partial charge in [-0.2, -0.15) is 0 Å². The summed E-state index contributed by atoms with van der Waals surface area (Å²) in [5, 5.41) is 11.5. The molecule has 1 fully saturated rings. The van der Waals surface area contributed by atoms with Gasteiger partial charge in [0.05, 0.1) is 25.0 Å². The highest BCUT2D eigenvalue weighted by Gasteiger charge is 2.39. The molecular weight excluding hydrogens is 518 g/mol. The number of aromatic nitrogens is 2. The monoisotopic (exact) mass is 536 g/mol. The molecular formula is C21H18FIN4O4. The van der Waals surface area contributed by atoms with E-state index in [1.165, 1.54) is 12.3 Å². The van der Waals surface area contributed by atoms with Crippen molar-refractivity contribution >= 4 is 34.5 Å². The predicted molar refractivity (Wildman–Crippen MR) is 118 cm³/mol. The van der Waals surface area contributed by atoms with E-state index in [1.54, 1.807) is 36.4 Å². The van der Waals surface area contributed by atoms with Crippen molar-refractivity contribution in [3.05, 3.63) is 69.4 Å². The van der Waals surface area contributed by atoms with E-state index in [9.17, 15) is 14.0 Å². The van der Waals surface area contributed by atoms with Crippen molar-refractivity contribution in [3.8, 4) is 17.0 Å². The lowest BCUT2D eigenvalue weighted by Gasteiger charge is -2.12. The van der Waals surface area contributed by atoms with Crippen molar-refractivity contribution in [1.29, 1.82) is 0 Å². The van der Waals surface area contributed by atoms with Crippen molar-refractivity contribution in [2.75, 3.05) is 13.2 Å². The van der Waals surface area contributed by atoms with Crippen LogP contribution >= 0.6 is 22.6 Å². The number of carbonyl (C=O) groups is 2. The normalized spacial score (nSPS) is 16.0. The van der Waals surface area contributed by atoms with E-state index in [0.29, 0.717) is 28.4 Å². The summed E-state index contributed by atoms with van der Waals surface area (Å²) >= 11 is 2.03. The van der Waals surface area contributed by atoms with Crippen LogP contribution in [0.25, 0.3) is 11.3 Å². The number of imide groups is 1. The summed E-state index contributed by atoms with van der Waals surface area (Å²) in [7, 11) is 0. The van der Waals surface area contributed by atoms with Gasteiger partial charge in [0.1, 0.15) is 30.0 Å². The molecule has 2 aromatic carbocycles. The molecule has 3 aromatic rings. The number of hydrogen-bond acceptors (Lipinski definition) is 5. The van der Waals surface area contributed by atoms with Crippen LogP contribution < -0.4 is 10.1 Å². The van der Waals surface area contributed by atoms with Gasteiger partial charge in [-0.25, -0.2) is 14.2 Å². The van der Waals surface area contributed by atoms with Gasteiger partial charge in [-0.15, -0.1) is 0 Å². The Balaban J connectivity index is 1.47. The minimum Gasteiger partial charge on any atom is -0.491 e. The molecule has 2 heterocycles. The van der Waals surface area contributed by atoms with Crippen molar-refractivity contribution < 1.29 is 23.8 Å². The second-order valence-electron chi connectivity index (χ2n) is 6.82. The highest BCUT2D eigenvalue weighted by Crippen LogP contribution is 2.26. The Labute approximate surface area is 190 Å². The Morgan fingerprint density at radius 2 is 1.97 bits per heavy atom. The number of ether oxygens (including phenoxy) is 1. The van der Waals surface area contributed by atoms with Crippen molar-refractivity contribution in [2.45, 2.75) is 12.6 Å². The topological polar surface area (TPSA) is 108 Å². The number of hydrogen-bond donors (Lipinski definition) is 3. The van der Waals surface area contributed by atoms with Crippen LogP contribution in [-0.2, 0) is 11.3 Å². The summed E-state index contributed by atoms with van der Waals surface area (Å²) in [6, 6.07) is 10.2. The molecule has 0 bridgehead atoms. The summed E-state index contributed by atoms with van der Waals surface area (Å²) in [5.74, 6) is 0.123. The van der Waals surface area contributed by atoms with Crippen molar-refractivity contribution in [2.24, 2.45) is 0 Å². The van der Waals surface area contributed by atoms with E-state index < -0.39 is 18.0 Å². The predicted octanol–water partition coefficient (Wildman–Crippen LogP) is 2.98. The molecule has 0 spiro atoms. The number of aliphatic hydroxyl groups excluding tert-OH is 1. The first-order valence-electron chi connectivity index (χ1n) is 9.41. The van der Waals surface area contributed by atoms with E-state index in [0.717, 1.165) is 8.47 Å². The van der Waals surface area contributed by atoms with E-state index in [4.69, 9.17) is 9.84 Å². The second-order valence-corrected chi connectivity index (χ2v) is 8.06. The molecule has 1 saturated heterocycles. The number of halogens is 2. The van der Waals surface area contributed by atoms with Crippen LogP contribution in [0.5, 0.6) is 5.75 Å². The zero-order valence-corrected chi connectivity index (χ0v) is 18.3. The second kappa shape index (κ2) is 9.02. The van der Waals surface area contributed by atoms with Crippen LogP contribution in [0, 0.1) is 9.39 Å². The number of amides is 3. The first-order valence-corrected chi connectivity index (χ1v) is 10.5. The van der Waals surface area contributed by atoms with Crippen LogP contribution in [0.4, 0.5) is 9.18 Å². The fourth-order valence-electron chi connectivity index (χ4n) is 3.25. The fourth-order valence-corrected chi connectivity index (χ4v) is 3.71. The molecule has 3 N–H and O–H groups in total. The molecule has 0 radical (unpaired) electrons. The van der Waals surface area contributed by atoms with E-state index in [2.05, 4.69) is 15.3 Å². The Hall–Kier alpha value is -2.99. The van der Waals surface area contributed by atoms with E-state index in [-0.39, 0.29) is 25.6 Å². The fraction of sp³-hybridized carbons (Fsp3) is 0.190. The van der Waals surface area contributed by atoms with Gasteiger partial charge in [0.25, 0.3) is 5.91 Å². The molecule has 1 aliphatic rings. The number of urea groups is 1. The number of imidazole rings is 1. The molecule has 10 heteroatoms. The Morgan fingerprint density at radius 1 is 1.19 bits per heavy atom. The zero-order valence-electron chi connectivity index (χ0n) is 16.1. The summed E-state index contributed by atoms with van der Waals surface area (Å²) in [6.45, 7) is 0.00686. The lowest BCUT2D eigenvalue weighted by Crippen LogP contribution is -2.30. The van der Waals surface area contributed by atoms with Crippen LogP contribution in [0.2, 0.25) is 0 Å². The third kappa shape index (κ3) is 4.54. The van der Waals surface area contributed by atoms with Gasteiger partial charge in [-0.1, -0.05) is 12.1 Å².